The summed E-state index contributed by atoms with van der Waals surface area (Å²) in [6.07, 6.45) is 0. The summed E-state index contributed by atoms with van der Waals surface area (Å²) in [5, 5.41) is 8.02. The lowest BCUT2D eigenvalue weighted by atomic mass is 10.1. The van der Waals surface area contributed by atoms with E-state index < -0.39 is 0 Å². The van der Waals surface area contributed by atoms with E-state index in [4.69, 9.17) is 22.7 Å². The fraction of sp³-hybridized carbons (Fsp3) is 0.188. The lowest BCUT2D eigenvalue weighted by Crippen LogP contribution is -2.13. The number of anilines is 2. The van der Waals surface area contributed by atoms with E-state index in [1.807, 2.05) is 24.1 Å². The summed E-state index contributed by atoms with van der Waals surface area (Å²) in [7, 11) is 1.98. The molecule has 0 radical (unpaired) electrons. The molecule has 0 amide bonds. The maximum Gasteiger partial charge on any atom is 0.122 e. The molecule has 2 rings (SSSR count). The number of aryl methyl sites for hydroxylation is 2. The number of nitrogens with zero attached hydrogens (tertiary/aromatic N) is 1. The SMILES string of the molecule is Cc1cc(C)cc(N(C)c2ccc(C(=N)N)cc2Cl)c1. The van der Waals surface area contributed by atoms with Crippen LogP contribution in [0.1, 0.15) is 16.7 Å². The van der Waals surface area contributed by atoms with Gasteiger partial charge in [0.25, 0.3) is 0 Å². The first-order chi connectivity index (χ1) is 9.38. The third-order valence-electron chi connectivity index (χ3n) is 3.21. The largest absolute Gasteiger partial charge is 0.384 e. The van der Waals surface area contributed by atoms with Crippen LogP contribution in [0.2, 0.25) is 5.02 Å². The highest BCUT2D eigenvalue weighted by atomic mass is 35.5. The molecule has 0 atom stereocenters. The van der Waals surface area contributed by atoms with Gasteiger partial charge < -0.3 is 10.6 Å². The fourth-order valence-electron chi connectivity index (χ4n) is 2.23. The zero-order valence-electron chi connectivity index (χ0n) is 11.9. The normalized spacial score (nSPS) is 10.4. The van der Waals surface area contributed by atoms with Gasteiger partial charge in [0.05, 0.1) is 10.7 Å². The summed E-state index contributed by atoms with van der Waals surface area (Å²) in [5.74, 6) is 0.0208. The molecule has 3 nitrogen and oxygen atoms in total. The molecule has 0 fully saturated rings. The van der Waals surface area contributed by atoms with Crippen molar-refractivity contribution in [3.63, 3.8) is 0 Å². The maximum absolute atomic E-state index is 7.44. The van der Waals surface area contributed by atoms with E-state index in [9.17, 15) is 0 Å². The number of rotatable bonds is 3. The molecular weight excluding hydrogens is 270 g/mol. The summed E-state index contributed by atoms with van der Waals surface area (Å²) in [6, 6.07) is 11.8. The molecule has 0 unspecified atom stereocenters. The molecule has 0 bridgehead atoms. The average Bonchev–Trinajstić information content (AvgIpc) is 2.36. The topological polar surface area (TPSA) is 53.1 Å². The zero-order chi connectivity index (χ0) is 14.9. The van der Waals surface area contributed by atoms with Gasteiger partial charge in [-0.3, -0.25) is 5.41 Å². The van der Waals surface area contributed by atoms with Crippen molar-refractivity contribution in [1.29, 1.82) is 5.41 Å². The molecule has 2 aromatic carbocycles. The molecule has 2 aromatic rings. The van der Waals surface area contributed by atoms with Gasteiger partial charge in [-0.25, -0.2) is 0 Å². The molecule has 20 heavy (non-hydrogen) atoms. The van der Waals surface area contributed by atoms with Gasteiger partial charge in [-0.05, 0) is 55.3 Å². The minimum atomic E-state index is 0.0208. The van der Waals surface area contributed by atoms with Crippen molar-refractivity contribution < 1.29 is 0 Å². The number of hydrogen-bond acceptors (Lipinski definition) is 2. The minimum absolute atomic E-state index is 0.0208. The second-order valence-electron chi connectivity index (χ2n) is 4.98. The van der Waals surface area contributed by atoms with E-state index >= 15 is 0 Å². The quantitative estimate of drug-likeness (QED) is 0.662. The molecular formula is C16H18ClN3. The van der Waals surface area contributed by atoms with Crippen LogP contribution in [0.5, 0.6) is 0 Å². The highest BCUT2D eigenvalue weighted by Gasteiger charge is 2.10. The van der Waals surface area contributed by atoms with E-state index in [1.54, 1.807) is 6.07 Å². The highest BCUT2D eigenvalue weighted by molar-refractivity contribution is 6.33. The van der Waals surface area contributed by atoms with Crippen molar-refractivity contribution in [3.05, 3.63) is 58.1 Å². The Morgan fingerprint density at radius 2 is 1.70 bits per heavy atom. The Morgan fingerprint density at radius 1 is 1.10 bits per heavy atom. The van der Waals surface area contributed by atoms with Crippen molar-refractivity contribution in [1.82, 2.24) is 0 Å². The van der Waals surface area contributed by atoms with Crippen molar-refractivity contribution in [2.75, 3.05) is 11.9 Å². The standard InChI is InChI=1S/C16H18ClN3/c1-10-6-11(2)8-13(7-10)20(3)15-5-4-12(16(18)19)9-14(15)17/h4-9H,1-3H3,(H3,18,19). The van der Waals surface area contributed by atoms with E-state index in [2.05, 4.69) is 32.0 Å². The lowest BCUT2D eigenvalue weighted by molar-refractivity contribution is 1.19. The molecule has 0 saturated carbocycles. The minimum Gasteiger partial charge on any atom is -0.384 e. The fourth-order valence-corrected chi connectivity index (χ4v) is 2.54. The molecule has 0 aliphatic rings. The predicted octanol–water partition coefficient (Wildman–Crippen LogP) is 4.01. The van der Waals surface area contributed by atoms with Crippen LogP contribution in [0.15, 0.2) is 36.4 Å². The molecule has 0 spiro atoms. The predicted molar refractivity (Wildman–Crippen MR) is 86.4 cm³/mol. The Morgan fingerprint density at radius 3 is 2.20 bits per heavy atom. The first-order valence-corrected chi connectivity index (χ1v) is 6.72. The molecule has 104 valence electrons. The van der Waals surface area contributed by atoms with E-state index in [1.165, 1.54) is 11.1 Å². The third kappa shape index (κ3) is 2.94. The van der Waals surface area contributed by atoms with Crippen LogP contribution in [0.4, 0.5) is 11.4 Å². The summed E-state index contributed by atoms with van der Waals surface area (Å²) < 4.78 is 0. The van der Waals surface area contributed by atoms with Crippen molar-refractivity contribution in [2.24, 2.45) is 5.73 Å². The van der Waals surface area contributed by atoms with E-state index in [0.717, 1.165) is 11.4 Å². The van der Waals surface area contributed by atoms with E-state index in [-0.39, 0.29) is 5.84 Å². The van der Waals surface area contributed by atoms with Crippen LogP contribution in [0.3, 0.4) is 0 Å². The van der Waals surface area contributed by atoms with E-state index in [0.29, 0.717) is 10.6 Å². The lowest BCUT2D eigenvalue weighted by Gasteiger charge is -2.22. The first kappa shape index (κ1) is 14.4. The smallest absolute Gasteiger partial charge is 0.122 e. The van der Waals surface area contributed by atoms with Gasteiger partial charge in [0.2, 0.25) is 0 Å². The second-order valence-corrected chi connectivity index (χ2v) is 5.39. The number of benzene rings is 2. The highest BCUT2D eigenvalue weighted by Crippen LogP contribution is 2.32. The summed E-state index contributed by atoms with van der Waals surface area (Å²) in [5.41, 5.74) is 10.5. The molecule has 4 heteroatoms. The van der Waals surface area contributed by atoms with Crippen LogP contribution in [-0.2, 0) is 0 Å². The van der Waals surface area contributed by atoms with Crippen molar-refractivity contribution in [2.45, 2.75) is 13.8 Å². The molecule has 0 aliphatic heterocycles. The average molecular weight is 288 g/mol. The zero-order valence-corrected chi connectivity index (χ0v) is 12.6. The second kappa shape index (κ2) is 5.55. The van der Waals surface area contributed by atoms with Crippen LogP contribution in [0.25, 0.3) is 0 Å². The van der Waals surface area contributed by atoms with Gasteiger partial charge in [-0.2, -0.15) is 0 Å². The number of nitrogens with two attached hydrogens (primary N) is 1. The Bertz CT molecular complexity index is 645. The van der Waals surface area contributed by atoms with Gasteiger partial charge in [0.15, 0.2) is 0 Å². The van der Waals surface area contributed by atoms with Crippen LogP contribution in [0, 0.1) is 19.3 Å². The molecule has 0 heterocycles. The Kier molecular flexibility index (Phi) is 4.00. The summed E-state index contributed by atoms with van der Waals surface area (Å²) in [6.45, 7) is 4.15. The monoisotopic (exact) mass is 287 g/mol. The Hall–Kier alpha value is -2.00. The van der Waals surface area contributed by atoms with Crippen molar-refractivity contribution >= 4 is 28.8 Å². The molecule has 0 saturated heterocycles. The number of amidine groups is 1. The van der Waals surface area contributed by atoms with Gasteiger partial charge in [0.1, 0.15) is 5.84 Å². The van der Waals surface area contributed by atoms with Crippen molar-refractivity contribution in [3.8, 4) is 0 Å². The Balaban J connectivity index is 2.42. The van der Waals surface area contributed by atoms with Crippen LogP contribution < -0.4 is 10.6 Å². The summed E-state index contributed by atoms with van der Waals surface area (Å²) >= 11 is 6.30. The van der Waals surface area contributed by atoms with Crippen LogP contribution in [-0.4, -0.2) is 12.9 Å². The van der Waals surface area contributed by atoms with Gasteiger partial charge in [-0.1, -0.05) is 17.7 Å². The van der Waals surface area contributed by atoms with Gasteiger partial charge in [0, 0.05) is 18.3 Å². The molecule has 3 N–H and O–H groups in total. The van der Waals surface area contributed by atoms with Gasteiger partial charge in [-0.15, -0.1) is 0 Å². The molecule has 0 aliphatic carbocycles. The number of hydrogen-bond donors (Lipinski definition) is 2. The number of nitrogens with one attached hydrogen (secondary N) is 1. The number of nitrogen functional groups attached to an aromatic ring is 1. The maximum atomic E-state index is 7.44. The van der Waals surface area contributed by atoms with Crippen LogP contribution >= 0.6 is 11.6 Å². The molecule has 0 aromatic heterocycles. The third-order valence-corrected chi connectivity index (χ3v) is 3.52. The first-order valence-electron chi connectivity index (χ1n) is 6.34. The Labute approximate surface area is 124 Å². The number of halogens is 1. The van der Waals surface area contributed by atoms with Gasteiger partial charge >= 0.3 is 0 Å². The summed E-state index contributed by atoms with van der Waals surface area (Å²) in [4.78, 5) is 2.03.